The zero-order chi connectivity index (χ0) is 10.7. The third kappa shape index (κ3) is 1.71. The van der Waals surface area contributed by atoms with Gasteiger partial charge in [0.25, 0.3) is 0 Å². The van der Waals surface area contributed by atoms with Crippen molar-refractivity contribution in [3.63, 3.8) is 0 Å². The number of nitrogens with one attached hydrogen (secondary N) is 1. The van der Waals surface area contributed by atoms with Gasteiger partial charge in [0.15, 0.2) is 11.6 Å². The summed E-state index contributed by atoms with van der Waals surface area (Å²) < 4.78 is 39.3. The number of benzene rings is 1. The van der Waals surface area contributed by atoms with Crippen LogP contribution in [-0.4, -0.2) is 20.3 Å². The minimum absolute atomic E-state index is 0.207. The minimum atomic E-state index is -1.23. The molecule has 0 aliphatic rings. The molecule has 0 bridgehead atoms. The number of halogens is 3. The summed E-state index contributed by atoms with van der Waals surface area (Å²) in [4.78, 5) is 3.49. The van der Waals surface area contributed by atoms with E-state index in [0.717, 1.165) is 12.3 Å². The first-order valence-electron chi connectivity index (χ1n) is 3.89. The lowest BCUT2D eigenvalue weighted by atomic mass is 10.2. The van der Waals surface area contributed by atoms with Gasteiger partial charge in [-0.25, -0.2) is 13.2 Å². The highest BCUT2D eigenvalue weighted by Crippen LogP contribution is 2.23. The van der Waals surface area contributed by atoms with Gasteiger partial charge in [-0.2, -0.15) is 0 Å². The van der Waals surface area contributed by atoms with Crippen molar-refractivity contribution in [3.05, 3.63) is 29.1 Å². The fraction of sp³-hybridized carbons (Fsp3) is 0.222. The number of nitrogens with zero attached hydrogens (tertiary/aromatic N) is 1. The third-order valence-electron chi connectivity index (χ3n) is 1.70. The van der Waals surface area contributed by atoms with Gasteiger partial charge in [0.1, 0.15) is 11.5 Å². The van der Waals surface area contributed by atoms with E-state index in [-0.39, 0.29) is 5.56 Å². The lowest BCUT2D eigenvalue weighted by Crippen LogP contribution is -2.03. The van der Waals surface area contributed by atoms with Gasteiger partial charge in [0, 0.05) is 25.9 Å². The van der Waals surface area contributed by atoms with Gasteiger partial charge in [-0.15, -0.1) is 0 Å². The summed E-state index contributed by atoms with van der Waals surface area (Å²) in [7, 11) is 2.70. The second-order valence-electron chi connectivity index (χ2n) is 2.59. The molecule has 0 aromatic heterocycles. The van der Waals surface area contributed by atoms with Crippen molar-refractivity contribution in [2.75, 3.05) is 19.4 Å². The molecule has 0 aliphatic heterocycles. The maximum Gasteiger partial charge on any atom is 0.185 e. The third-order valence-corrected chi connectivity index (χ3v) is 1.70. The van der Waals surface area contributed by atoms with E-state index < -0.39 is 23.1 Å². The summed E-state index contributed by atoms with van der Waals surface area (Å²) in [5.74, 6) is -3.19. The molecule has 0 spiro atoms. The van der Waals surface area contributed by atoms with Crippen molar-refractivity contribution >= 4 is 11.9 Å². The summed E-state index contributed by atoms with van der Waals surface area (Å²) in [6.45, 7) is 0. The monoisotopic (exact) mass is 202 g/mol. The van der Waals surface area contributed by atoms with Crippen molar-refractivity contribution in [1.82, 2.24) is 0 Å². The van der Waals surface area contributed by atoms with Crippen molar-refractivity contribution in [1.29, 1.82) is 0 Å². The summed E-state index contributed by atoms with van der Waals surface area (Å²) in [6, 6.07) is 0.886. The van der Waals surface area contributed by atoms with Crippen LogP contribution in [0, 0.1) is 17.5 Å². The van der Waals surface area contributed by atoms with Crippen LogP contribution in [0.25, 0.3) is 0 Å². The Balaban J connectivity index is 3.39. The number of aliphatic imine (C=N–C) groups is 1. The molecule has 1 N–H and O–H groups in total. The predicted octanol–water partition coefficient (Wildman–Crippen LogP) is 2.19. The number of hydrogen-bond acceptors (Lipinski definition) is 2. The smallest absolute Gasteiger partial charge is 0.185 e. The molecule has 0 amide bonds. The van der Waals surface area contributed by atoms with E-state index in [4.69, 9.17) is 0 Å². The number of anilines is 1. The molecule has 0 aliphatic carbocycles. The lowest BCUT2D eigenvalue weighted by molar-refractivity contribution is 0.498. The maximum absolute atomic E-state index is 13.1. The van der Waals surface area contributed by atoms with E-state index in [1.54, 1.807) is 0 Å². The van der Waals surface area contributed by atoms with Crippen molar-refractivity contribution in [3.8, 4) is 0 Å². The van der Waals surface area contributed by atoms with E-state index in [9.17, 15) is 13.2 Å². The molecule has 0 saturated carbocycles. The van der Waals surface area contributed by atoms with Crippen LogP contribution in [0.5, 0.6) is 0 Å². The topological polar surface area (TPSA) is 24.4 Å². The molecule has 0 radical (unpaired) electrons. The van der Waals surface area contributed by atoms with Gasteiger partial charge in [-0.05, 0) is 6.07 Å². The Morgan fingerprint density at radius 3 is 2.43 bits per heavy atom. The van der Waals surface area contributed by atoms with Crippen LogP contribution in [0.4, 0.5) is 18.9 Å². The van der Waals surface area contributed by atoms with Crippen LogP contribution in [0.15, 0.2) is 11.1 Å². The number of hydrogen-bond donors (Lipinski definition) is 1. The Kier molecular flexibility index (Phi) is 3.11. The Hall–Kier alpha value is -1.52. The van der Waals surface area contributed by atoms with Crippen LogP contribution in [0.1, 0.15) is 5.56 Å². The Morgan fingerprint density at radius 2 is 1.93 bits per heavy atom. The quantitative estimate of drug-likeness (QED) is 0.577. The van der Waals surface area contributed by atoms with Crippen molar-refractivity contribution in [2.24, 2.45) is 4.99 Å². The Bertz CT molecular complexity index is 375. The van der Waals surface area contributed by atoms with Gasteiger partial charge in [0.05, 0.1) is 0 Å². The van der Waals surface area contributed by atoms with Crippen LogP contribution < -0.4 is 5.32 Å². The second kappa shape index (κ2) is 4.13. The minimum Gasteiger partial charge on any atom is -0.383 e. The first kappa shape index (κ1) is 10.6. The van der Waals surface area contributed by atoms with Gasteiger partial charge in [0.2, 0.25) is 0 Å². The van der Waals surface area contributed by atoms with Crippen LogP contribution >= 0.6 is 0 Å². The fourth-order valence-corrected chi connectivity index (χ4v) is 1.08. The summed E-state index contributed by atoms with van der Waals surface area (Å²) in [5, 5.41) is 2.24. The molecule has 0 fully saturated rings. The van der Waals surface area contributed by atoms with Crippen LogP contribution in [-0.2, 0) is 0 Å². The normalized spacial score (nSPS) is 10.9. The standard InChI is InChI=1S/C9H9F3N2/c1-13-4-5-3-6(10)9(14-2)8(12)7(5)11/h3-4,14H,1-2H3. The maximum atomic E-state index is 13.1. The van der Waals surface area contributed by atoms with E-state index in [1.807, 2.05) is 0 Å². The predicted molar refractivity (Wildman–Crippen MR) is 49.4 cm³/mol. The largest absolute Gasteiger partial charge is 0.383 e. The molecule has 1 aromatic carbocycles. The van der Waals surface area contributed by atoms with E-state index >= 15 is 0 Å². The zero-order valence-corrected chi connectivity index (χ0v) is 7.74. The Labute approximate surface area is 79.5 Å². The summed E-state index contributed by atoms with van der Waals surface area (Å²) in [6.07, 6.45) is 1.06. The highest BCUT2D eigenvalue weighted by atomic mass is 19.2. The molecule has 0 atom stereocenters. The van der Waals surface area contributed by atoms with Gasteiger partial charge in [-0.1, -0.05) is 0 Å². The van der Waals surface area contributed by atoms with Crippen LogP contribution in [0.3, 0.4) is 0 Å². The van der Waals surface area contributed by atoms with E-state index in [0.29, 0.717) is 0 Å². The summed E-state index contributed by atoms with van der Waals surface area (Å²) in [5.41, 5.74) is -0.683. The molecular weight excluding hydrogens is 193 g/mol. The highest BCUT2D eigenvalue weighted by molar-refractivity contribution is 5.81. The first-order valence-corrected chi connectivity index (χ1v) is 3.89. The van der Waals surface area contributed by atoms with Gasteiger partial charge < -0.3 is 5.32 Å². The molecule has 0 saturated heterocycles. The average Bonchev–Trinajstić information content (AvgIpc) is 2.15. The van der Waals surface area contributed by atoms with E-state index in [2.05, 4.69) is 10.3 Å². The SMILES string of the molecule is CN=Cc1cc(F)c(NC)c(F)c1F. The number of rotatable bonds is 2. The van der Waals surface area contributed by atoms with Crippen molar-refractivity contribution in [2.45, 2.75) is 0 Å². The van der Waals surface area contributed by atoms with Gasteiger partial charge in [-0.3, -0.25) is 4.99 Å². The molecule has 0 heterocycles. The molecule has 0 unspecified atom stereocenters. The molecule has 1 rings (SSSR count). The molecule has 2 nitrogen and oxygen atoms in total. The molecule has 5 heteroatoms. The average molecular weight is 202 g/mol. The molecule has 1 aromatic rings. The lowest BCUT2D eigenvalue weighted by Gasteiger charge is -2.06. The molecular formula is C9H9F3N2. The fourth-order valence-electron chi connectivity index (χ4n) is 1.08. The molecule has 76 valence electrons. The molecule has 14 heavy (non-hydrogen) atoms. The Morgan fingerprint density at radius 1 is 1.29 bits per heavy atom. The van der Waals surface area contributed by atoms with E-state index in [1.165, 1.54) is 14.1 Å². The second-order valence-corrected chi connectivity index (χ2v) is 2.59. The van der Waals surface area contributed by atoms with Gasteiger partial charge >= 0.3 is 0 Å². The summed E-state index contributed by atoms with van der Waals surface area (Å²) >= 11 is 0. The highest BCUT2D eigenvalue weighted by Gasteiger charge is 2.16. The first-order chi connectivity index (χ1) is 6.61. The van der Waals surface area contributed by atoms with Crippen LogP contribution in [0.2, 0.25) is 0 Å². The van der Waals surface area contributed by atoms with Crippen molar-refractivity contribution < 1.29 is 13.2 Å². The zero-order valence-electron chi connectivity index (χ0n) is 7.74.